The summed E-state index contributed by atoms with van der Waals surface area (Å²) < 4.78 is 39.5. The Hall–Kier alpha value is -3.56. The minimum absolute atomic E-state index is 0.0338. The minimum atomic E-state index is -3.80. The quantitative estimate of drug-likeness (QED) is 0.508. The molecule has 0 fully saturated rings. The van der Waals surface area contributed by atoms with E-state index in [1.165, 1.54) is 24.3 Å². The van der Waals surface area contributed by atoms with Crippen LogP contribution in [-0.4, -0.2) is 28.0 Å². The number of methoxy groups -OCH3 is 1. The molecule has 9 heteroatoms. The van der Waals surface area contributed by atoms with E-state index in [9.17, 15) is 13.2 Å². The standard InChI is InChI=1S/C23H24N2O6S/c1-3-30-22-12-7-16(13-17(22)15-31-20-6-4-5-19(14-20)29-2)23(26)25-18-8-10-21(11-9-18)32(24,27)28/h4-14H,3,15H2,1-2H3,(H,25,26)(H2,24,27,28). The van der Waals surface area contributed by atoms with E-state index in [0.717, 1.165) is 0 Å². The molecule has 3 aromatic rings. The van der Waals surface area contributed by atoms with Crippen molar-refractivity contribution in [3.63, 3.8) is 0 Å². The summed E-state index contributed by atoms with van der Waals surface area (Å²) in [6, 6.07) is 17.9. The van der Waals surface area contributed by atoms with Crippen molar-refractivity contribution in [2.45, 2.75) is 18.4 Å². The van der Waals surface area contributed by atoms with Crippen LogP contribution in [0.4, 0.5) is 5.69 Å². The zero-order valence-electron chi connectivity index (χ0n) is 17.7. The van der Waals surface area contributed by atoms with Crippen LogP contribution in [0.25, 0.3) is 0 Å². The van der Waals surface area contributed by atoms with E-state index in [4.69, 9.17) is 19.3 Å². The molecule has 8 nitrogen and oxygen atoms in total. The Kier molecular flexibility index (Phi) is 7.34. The molecule has 3 rings (SSSR count). The number of anilines is 1. The lowest BCUT2D eigenvalue weighted by Gasteiger charge is -2.14. The smallest absolute Gasteiger partial charge is 0.255 e. The number of hydrogen-bond donors (Lipinski definition) is 2. The summed E-state index contributed by atoms with van der Waals surface area (Å²) in [5.41, 5.74) is 1.53. The van der Waals surface area contributed by atoms with Crippen molar-refractivity contribution in [3.8, 4) is 17.2 Å². The van der Waals surface area contributed by atoms with Crippen molar-refractivity contribution >= 4 is 21.6 Å². The van der Waals surface area contributed by atoms with Crippen molar-refractivity contribution < 1.29 is 27.4 Å². The number of nitrogens with one attached hydrogen (secondary N) is 1. The maximum absolute atomic E-state index is 12.7. The molecule has 0 heterocycles. The van der Waals surface area contributed by atoms with E-state index in [-0.39, 0.29) is 17.4 Å². The van der Waals surface area contributed by atoms with Crippen molar-refractivity contribution in [2.75, 3.05) is 19.0 Å². The molecule has 168 valence electrons. The average molecular weight is 457 g/mol. The van der Waals surface area contributed by atoms with Gasteiger partial charge in [-0.3, -0.25) is 4.79 Å². The van der Waals surface area contributed by atoms with Gasteiger partial charge in [0.2, 0.25) is 10.0 Å². The second-order valence-electron chi connectivity index (χ2n) is 6.75. The normalized spacial score (nSPS) is 11.0. The highest BCUT2D eigenvalue weighted by molar-refractivity contribution is 7.89. The maximum atomic E-state index is 12.7. The van der Waals surface area contributed by atoms with Gasteiger partial charge in [0.05, 0.1) is 18.6 Å². The first-order valence-electron chi connectivity index (χ1n) is 9.77. The van der Waals surface area contributed by atoms with E-state index in [2.05, 4.69) is 5.32 Å². The molecule has 1 amide bonds. The van der Waals surface area contributed by atoms with Gasteiger partial charge in [0.15, 0.2) is 0 Å². The zero-order valence-corrected chi connectivity index (χ0v) is 18.5. The molecule has 0 atom stereocenters. The molecular formula is C23H24N2O6S. The average Bonchev–Trinajstić information content (AvgIpc) is 2.78. The molecular weight excluding hydrogens is 432 g/mol. The first-order valence-corrected chi connectivity index (χ1v) is 11.3. The van der Waals surface area contributed by atoms with Crippen LogP contribution in [0.1, 0.15) is 22.8 Å². The monoisotopic (exact) mass is 456 g/mol. The second kappa shape index (κ2) is 10.2. The SMILES string of the molecule is CCOc1ccc(C(=O)Nc2ccc(S(N)(=O)=O)cc2)cc1COc1cccc(OC)c1. The molecule has 0 saturated heterocycles. The van der Waals surface area contributed by atoms with Gasteiger partial charge >= 0.3 is 0 Å². The third-order valence-corrected chi connectivity index (χ3v) is 5.43. The predicted molar refractivity (Wildman–Crippen MR) is 121 cm³/mol. The van der Waals surface area contributed by atoms with Crippen LogP contribution in [0.3, 0.4) is 0 Å². The Morgan fingerprint density at radius 3 is 2.34 bits per heavy atom. The lowest BCUT2D eigenvalue weighted by molar-refractivity contribution is 0.102. The lowest BCUT2D eigenvalue weighted by atomic mass is 10.1. The Morgan fingerprint density at radius 1 is 0.969 bits per heavy atom. The Bertz CT molecular complexity index is 1190. The molecule has 0 spiro atoms. The van der Waals surface area contributed by atoms with Crippen molar-refractivity contribution in [3.05, 3.63) is 77.9 Å². The third-order valence-electron chi connectivity index (χ3n) is 4.50. The van der Waals surface area contributed by atoms with Gasteiger partial charge in [-0.2, -0.15) is 0 Å². The number of nitrogens with two attached hydrogens (primary N) is 1. The molecule has 0 aliphatic rings. The van der Waals surface area contributed by atoms with E-state index in [1.54, 1.807) is 31.4 Å². The first kappa shape index (κ1) is 23.1. The number of ether oxygens (including phenoxy) is 3. The number of rotatable bonds is 9. The Labute approximate surface area is 187 Å². The summed E-state index contributed by atoms with van der Waals surface area (Å²) in [7, 11) is -2.22. The highest BCUT2D eigenvalue weighted by atomic mass is 32.2. The highest BCUT2D eigenvalue weighted by Crippen LogP contribution is 2.25. The van der Waals surface area contributed by atoms with Crippen LogP contribution < -0.4 is 24.7 Å². The molecule has 3 aromatic carbocycles. The summed E-state index contributed by atoms with van der Waals surface area (Å²) in [6.45, 7) is 2.53. The molecule has 3 N–H and O–H groups in total. The second-order valence-corrected chi connectivity index (χ2v) is 8.31. The predicted octanol–water partition coefficient (Wildman–Crippen LogP) is 3.57. The summed E-state index contributed by atoms with van der Waals surface area (Å²) in [6.07, 6.45) is 0. The number of sulfonamides is 1. The number of primary sulfonamides is 1. The van der Waals surface area contributed by atoms with Gasteiger partial charge in [0.1, 0.15) is 23.9 Å². The molecule has 0 radical (unpaired) electrons. The van der Waals surface area contributed by atoms with Crippen LogP contribution in [0.5, 0.6) is 17.2 Å². The minimum Gasteiger partial charge on any atom is -0.497 e. The highest BCUT2D eigenvalue weighted by Gasteiger charge is 2.13. The van der Waals surface area contributed by atoms with Gasteiger partial charge in [-0.1, -0.05) is 6.07 Å². The fourth-order valence-corrected chi connectivity index (χ4v) is 3.43. The van der Waals surface area contributed by atoms with Gasteiger partial charge < -0.3 is 19.5 Å². The number of amides is 1. The Balaban J connectivity index is 1.77. The molecule has 0 aliphatic heterocycles. The number of hydrogen-bond acceptors (Lipinski definition) is 6. The third kappa shape index (κ3) is 5.99. The van der Waals surface area contributed by atoms with Gasteiger partial charge in [-0.25, -0.2) is 13.6 Å². The van der Waals surface area contributed by atoms with Gasteiger partial charge in [0.25, 0.3) is 5.91 Å². The zero-order chi connectivity index (χ0) is 23.1. The molecule has 0 saturated carbocycles. The molecule has 0 unspecified atom stereocenters. The summed E-state index contributed by atoms with van der Waals surface area (Å²) in [5, 5.41) is 7.83. The maximum Gasteiger partial charge on any atom is 0.255 e. The van der Waals surface area contributed by atoms with Crippen molar-refractivity contribution in [1.82, 2.24) is 0 Å². The van der Waals surface area contributed by atoms with Crippen LogP contribution >= 0.6 is 0 Å². The molecule has 0 aromatic heterocycles. The van der Waals surface area contributed by atoms with Crippen LogP contribution in [0.15, 0.2) is 71.6 Å². The van der Waals surface area contributed by atoms with E-state index in [1.807, 2.05) is 25.1 Å². The number of carbonyl (C=O) groups is 1. The van der Waals surface area contributed by atoms with Crippen molar-refractivity contribution in [2.24, 2.45) is 5.14 Å². The fourth-order valence-electron chi connectivity index (χ4n) is 2.91. The number of carbonyl (C=O) groups excluding carboxylic acids is 1. The van der Waals surface area contributed by atoms with Crippen LogP contribution in [0.2, 0.25) is 0 Å². The van der Waals surface area contributed by atoms with Crippen LogP contribution in [-0.2, 0) is 16.6 Å². The molecule has 0 aliphatic carbocycles. The Morgan fingerprint density at radius 2 is 1.69 bits per heavy atom. The molecule has 0 bridgehead atoms. The first-order chi connectivity index (χ1) is 15.3. The summed E-state index contributed by atoms with van der Waals surface area (Å²) in [4.78, 5) is 12.7. The molecule has 32 heavy (non-hydrogen) atoms. The fraction of sp³-hybridized carbons (Fsp3) is 0.174. The van der Waals surface area contributed by atoms with E-state index < -0.39 is 10.0 Å². The number of benzene rings is 3. The van der Waals surface area contributed by atoms with Crippen molar-refractivity contribution in [1.29, 1.82) is 0 Å². The summed E-state index contributed by atoms with van der Waals surface area (Å²) in [5.74, 6) is 1.55. The lowest BCUT2D eigenvalue weighted by Crippen LogP contribution is -2.14. The van der Waals surface area contributed by atoms with Gasteiger partial charge in [0, 0.05) is 22.9 Å². The summed E-state index contributed by atoms with van der Waals surface area (Å²) >= 11 is 0. The largest absolute Gasteiger partial charge is 0.497 e. The van der Waals surface area contributed by atoms with E-state index >= 15 is 0 Å². The van der Waals surface area contributed by atoms with Gasteiger partial charge in [-0.15, -0.1) is 0 Å². The van der Waals surface area contributed by atoms with Crippen LogP contribution in [0, 0.1) is 0 Å². The van der Waals surface area contributed by atoms with Gasteiger partial charge in [-0.05, 0) is 61.5 Å². The topological polar surface area (TPSA) is 117 Å². The van der Waals surface area contributed by atoms with E-state index in [0.29, 0.717) is 40.7 Å².